The lowest BCUT2D eigenvalue weighted by Gasteiger charge is -2.15. The van der Waals surface area contributed by atoms with E-state index in [4.69, 9.17) is 14.2 Å². The first kappa shape index (κ1) is 16.5. The van der Waals surface area contributed by atoms with E-state index in [1.807, 2.05) is 42.6 Å². The van der Waals surface area contributed by atoms with Crippen LogP contribution in [-0.2, 0) is 0 Å². The van der Waals surface area contributed by atoms with Crippen molar-refractivity contribution in [3.63, 3.8) is 0 Å². The van der Waals surface area contributed by atoms with Crippen LogP contribution in [0.4, 0.5) is 5.82 Å². The molecule has 134 valence electrons. The first-order valence-electron chi connectivity index (χ1n) is 8.45. The minimum Gasteiger partial charge on any atom is -0.496 e. The molecule has 0 amide bonds. The smallest absolute Gasteiger partial charge is 0.231 e. The Balaban J connectivity index is 1.87. The van der Waals surface area contributed by atoms with Gasteiger partial charge in [0.1, 0.15) is 11.6 Å². The summed E-state index contributed by atoms with van der Waals surface area (Å²) in [5, 5.41) is 14.7. The Morgan fingerprint density at radius 2 is 2.08 bits per heavy atom. The normalized spacial score (nSPS) is 13.7. The van der Waals surface area contributed by atoms with Crippen molar-refractivity contribution in [1.29, 1.82) is 0 Å². The van der Waals surface area contributed by atoms with Gasteiger partial charge in [-0.1, -0.05) is 18.2 Å². The lowest BCUT2D eigenvalue weighted by Crippen LogP contribution is -2.16. The van der Waals surface area contributed by atoms with Gasteiger partial charge in [0.15, 0.2) is 11.5 Å². The van der Waals surface area contributed by atoms with E-state index in [9.17, 15) is 5.11 Å². The van der Waals surface area contributed by atoms with Gasteiger partial charge in [0.25, 0.3) is 0 Å². The van der Waals surface area contributed by atoms with E-state index in [0.29, 0.717) is 12.4 Å². The van der Waals surface area contributed by atoms with E-state index in [-0.39, 0.29) is 6.79 Å². The highest BCUT2D eigenvalue weighted by Crippen LogP contribution is 2.40. The summed E-state index contributed by atoms with van der Waals surface area (Å²) in [4.78, 5) is 4.58. The Bertz CT molecular complexity index is 956. The monoisotopic (exact) mass is 352 g/mol. The molecule has 1 aromatic heterocycles. The molecule has 0 saturated carbocycles. The SMILES string of the molecule is COc1cccc2c(-c3ccc4c(c3)OCO4)cnc(NCC(C)O)c12. The highest BCUT2D eigenvalue weighted by molar-refractivity contribution is 6.05. The van der Waals surface area contributed by atoms with Crippen LogP contribution >= 0.6 is 0 Å². The average Bonchev–Trinajstić information content (AvgIpc) is 3.13. The molecule has 2 N–H and O–H groups in total. The minimum absolute atomic E-state index is 0.244. The zero-order valence-corrected chi connectivity index (χ0v) is 14.7. The van der Waals surface area contributed by atoms with E-state index in [1.54, 1.807) is 14.0 Å². The molecule has 1 aliphatic heterocycles. The molecule has 0 saturated heterocycles. The molecule has 0 radical (unpaired) electrons. The van der Waals surface area contributed by atoms with E-state index >= 15 is 0 Å². The number of aliphatic hydroxyl groups is 1. The number of aromatic nitrogens is 1. The molecule has 26 heavy (non-hydrogen) atoms. The van der Waals surface area contributed by atoms with Crippen LogP contribution in [0.15, 0.2) is 42.6 Å². The molecule has 0 spiro atoms. The molecular formula is C20H20N2O4. The molecule has 0 bridgehead atoms. The van der Waals surface area contributed by atoms with Crippen LogP contribution in [0.25, 0.3) is 21.9 Å². The van der Waals surface area contributed by atoms with Gasteiger partial charge in [-0.15, -0.1) is 0 Å². The van der Waals surface area contributed by atoms with Crippen LogP contribution in [0.3, 0.4) is 0 Å². The zero-order chi connectivity index (χ0) is 18.1. The summed E-state index contributed by atoms with van der Waals surface area (Å²) in [5.41, 5.74) is 1.96. The number of nitrogens with one attached hydrogen (secondary N) is 1. The topological polar surface area (TPSA) is 72.8 Å². The fourth-order valence-corrected chi connectivity index (χ4v) is 3.11. The molecular weight excluding hydrogens is 332 g/mol. The van der Waals surface area contributed by atoms with Crippen LogP contribution in [0, 0.1) is 0 Å². The maximum absolute atomic E-state index is 9.59. The van der Waals surface area contributed by atoms with Crippen LogP contribution in [-0.4, -0.2) is 36.6 Å². The fraction of sp³-hybridized carbons (Fsp3) is 0.250. The highest BCUT2D eigenvalue weighted by atomic mass is 16.7. The maximum atomic E-state index is 9.59. The summed E-state index contributed by atoms with van der Waals surface area (Å²) < 4.78 is 16.4. The summed E-state index contributed by atoms with van der Waals surface area (Å²) >= 11 is 0. The summed E-state index contributed by atoms with van der Waals surface area (Å²) in [6, 6.07) is 11.8. The minimum atomic E-state index is -0.477. The average molecular weight is 352 g/mol. The molecule has 6 heteroatoms. The number of hydrogen-bond acceptors (Lipinski definition) is 6. The van der Waals surface area contributed by atoms with Gasteiger partial charge < -0.3 is 24.6 Å². The van der Waals surface area contributed by atoms with Gasteiger partial charge in [-0.25, -0.2) is 4.98 Å². The molecule has 2 heterocycles. The second kappa shape index (κ2) is 6.72. The Hall–Kier alpha value is -2.99. The third-order valence-electron chi connectivity index (χ3n) is 4.34. The highest BCUT2D eigenvalue weighted by Gasteiger charge is 2.17. The quantitative estimate of drug-likeness (QED) is 0.733. The van der Waals surface area contributed by atoms with Crippen molar-refractivity contribution in [3.8, 4) is 28.4 Å². The molecule has 1 unspecified atom stereocenters. The Morgan fingerprint density at radius 1 is 1.23 bits per heavy atom. The van der Waals surface area contributed by atoms with E-state index in [0.717, 1.165) is 39.1 Å². The molecule has 0 aliphatic carbocycles. The van der Waals surface area contributed by atoms with E-state index in [1.165, 1.54) is 0 Å². The summed E-state index contributed by atoms with van der Waals surface area (Å²) in [5.74, 6) is 2.89. The molecule has 6 nitrogen and oxygen atoms in total. The van der Waals surface area contributed by atoms with Crippen molar-refractivity contribution >= 4 is 16.6 Å². The van der Waals surface area contributed by atoms with Crippen molar-refractivity contribution in [2.24, 2.45) is 0 Å². The van der Waals surface area contributed by atoms with Crippen LogP contribution in [0.5, 0.6) is 17.2 Å². The number of fused-ring (bicyclic) bond motifs is 2. The number of ether oxygens (including phenoxy) is 3. The molecule has 0 fully saturated rings. The molecule has 4 rings (SSSR count). The van der Waals surface area contributed by atoms with Crippen LogP contribution < -0.4 is 19.5 Å². The van der Waals surface area contributed by atoms with Crippen molar-refractivity contribution < 1.29 is 19.3 Å². The van der Waals surface area contributed by atoms with E-state index in [2.05, 4.69) is 10.3 Å². The third-order valence-corrected chi connectivity index (χ3v) is 4.34. The number of hydrogen-bond donors (Lipinski definition) is 2. The number of methoxy groups -OCH3 is 1. The number of anilines is 1. The summed E-state index contributed by atoms with van der Waals surface area (Å²) in [7, 11) is 1.64. The zero-order valence-electron chi connectivity index (χ0n) is 14.7. The van der Waals surface area contributed by atoms with Gasteiger partial charge >= 0.3 is 0 Å². The number of benzene rings is 2. The second-order valence-electron chi connectivity index (χ2n) is 6.20. The van der Waals surface area contributed by atoms with Crippen molar-refractivity contribution in [2.75, 3.05) is 25.8 Å². The predicted molar refractivity (Wildman–Crippen MR) is 100 cm³/mol. The number of rotatable bonds is 5. The van der Waals surface area contributed by atoms with Crippen LogP contribution in [0.1, 0.15) is 6.92 Å². The van der Waals surface area contributed by atoms with Gasteiger partial charge in [0.2, 0.25) is 6.79 Å². The fourth-order valence-electron chi connectivity index (χ4n) is 3.11. The first-order chi connectivity index (χ1) is 12.7. The number of nitrogens with zero attached hydrogens (tertiary/aromatic N) is 1. The van der Waals surface area contributed by atoms with Gasteiger partial charge in [-0.05, 0) is 36.1 Å². The largest absolute Gasteiger partial charge is 0.496 e. The maximum Gasteiger partial charge on any atom is 0.231 e. The predicted octanol–water partition coefficient (Wildman–Crippen LogP) is 3.43. The van der Waals surface area contributed by atoms with Gasteiger partial charge in [0, 0.05) is 18.3 Å². The van der Waals surface area contributed by atoms with E-state index < -0.39 is 6.10 Å². The Labute approximate surface area is 151 Å². The molecule has 1 aliphatic rings. The lowest BCUT2D eigenvalue weighted by atomic mass is 9.99. The number of pyridine rings is 1. The molecule has 1 atom stereocenters. The van der Waals surface area contributed by atoms with Crippen molar-refractivity contribution in [3.05, 3.63) is 42.6 Å². The van der Waals surface area contributed by atoms with Crippen LogP contribution in [0.2, 0.25) is 0 Å². The van der Waals surface area contributed by atoms with Gasteiger partial charge in [-0.2, -0.15) is 0 Å². The second-order valence-corrected chi connectivity index (χ2v) is 6.20. The van der Waals surface area contributed by atoms with Gasteiger partial charge in [-0.3, -0.25) is 0 Å². The van der Waals surface area contributed by atoms with Crippen molar-refractivity contribution in [1.82, 2.24) is 4.98 Å². The Morgan fingerprint density at radius 3 is 2.88 bits per heavy atom. The van der Waals surface area contributed by atoms with Crippen molar-refractivity contribution in [2.45, 2.75) is 13.0 Å². The molecule has 3 aromatic rings. The first-order valence-corrected chi connectivity index (χ1v) is 8.45. The Kier molecular flexibility index (Phi) is 4.26. The summed E-state index contributed by atoms with van der Waals surface area (Å²) in [6.45, 7) is 2.38. The standard InChI is InChI=1S/C20H20N2O4/c1-12(23)9-21-20-19-14(4-3-5-17(19)24-2)15(10-22-20)13-6-7-16-18(8-13)26-11-25-16/h3-8,10,12,23H,9,11H2,1-2H3,(H,21,22). The summed E-state index contributed by atoms with van der Waals surface area (Å²) in [6.07, 6.45) is 1.35. The lowest BCUT2D eigenvalue weighted by molar-refractivity contribution is 0.174. The third kappa shape index (κ3) is 2.88. The number of aliphatic hydroxyl groups excluding tert-OH is 1. The molecule has 2 aromatic carbocycles. The van der Waals surface area contributed by atoms with Gasteiger partial charge in [0.05, 0.1) is 18.6 Å².